The van der Waals surface area contributed by atoms with Crippen molar-refractivity contribution >= 4 is 5.97 Å². The van der Waals surface area contributed by atoms with E-state index in [4.69, 9.17) is 5.73 Å². The highest BCUT2D eigenvalue weighted by molar-refractivity contribution is 5.75. The Morgan fingerprint density at radius 1 is 1.92 bits per heavy atom. The summed E-state index contributed by atoms with van der Waals surface area (Å²) in [4.78, 5) is 17.6. The molecular formula is C7H11N3O2. The minimum Gasteiger partial charge on any atom is -0.468 e. The first kappa shape index (κ1) is 8.73. The lowest BCUT2D eigenvalue weighted by atomic mass is 10.2. The summed E-state index contributed by atoms with van der Waals surface area (Å²) < 4.78 is 4.46. The number of H-pyrrole nitrogens is 1. The van der Waals surface area contributed by atoms with Crippen molar-refractivity contribution in [2.45, 2.75) is 12.5 Å². The summed E-state index contributed by atoms with van der Waals surface area (Å²) in [5, 5.41) is 0. The number of carbonyl (C=O) groups is 1. The Bertz CT molecular complexity index is 245. The number of esters is 1. The Balaban J connectivity index is 2.47. The fraction of sp³-hybridized carbons (Fsp3) is 0.429. The standard InChI is InChI=1S/C7H11N3O2/c1-12-7(11)5(8)4-6-9-2-3-10-6/h2-3,5H,4,8H2,1H3,(H,9,10). The number of hydrogen-bond donors (Lipinski definition) is 2. The molecule has 1 unspecified atom stereocenters. The van der Waals surface area contributed by atoms with Gasteiger partial charge >= 0.3 is 5.97 Å². The average Bonchev–Trinajstić information content (AvgIpc) is 2.55. The van der Waals surface area contributed by atoms with Crippen molar-refractivity contribution in [3.05, 3.63) is 18.2 Å². The minimum absolute atomic E-state index is 0.375. The second-order valence-electron chi connectivity index (χ2n) is 2.37. The largest absolute Gasteiger partial charge is 0.468 e. The van der Waals surface area contributed by atoms with Crippen molar-refractivity contribution in [3.8, 4) is 0 Å². The fourth-order valence-electron chi connectivity index (χ4n) is 0.853. The molecule has 0 saturated heterocycles. The third-order valence-corrected chi connectivity index (χ3v) is 1.47. The summed E-state index contributed by atoms with van der Waals surface area (Å²) >= 11 is 0. The third-order valence-electron chi connectivity index (χ3n) is 1.47. The molecular weight excluding hydrogens is 158 g/mol. The maximum atomic E-state index is 10.8. The highest BCUT2D eigenvalue weighted by Gasteiger charge is 2.14. The van der Waals surface area contributed by atoms with Gasteiger partial charge in [0.1, 0.15) is 11.9 Å². The zero-order valence-electron chi connectivity index (χ0n) is 6.78. The number of ether oxygens (including phenoxy) is 1. The number of carbonyl (C=O) groups excluding carboxylic acids is 1. The van der Waals surface area contributed by atoms with Gasteiger partial charge in [-0.3, -0.25) is 4.79 Å². The normalized spacial score (nSPS) is 12.5. The summed E-state index contributed by atoms with van der Waals surface area (Å²) in [5.74, 6) is 0.263. The Morgan fingerprint density at radius 3 is 3.17 bits per heavy atom. The van der Waals surface area contributed by atoms with Crippen molar-refractivity contribution in [1.82, 2.24) is 9.97 Å². The van der Waals surface area contributed by atoms with Crippen LogP contribution in [0, 0.1) is 0 Å². The first-order valence-corrected chi connectivity index (χ1v) is 3.55. The molecule has 1 heterocycles. The maximum Gasteiger partial charge on any atom is 0.323 e. The number of hydrogen-bond acceptors (Lipinski definition) is 4. The molecule has 1 aromatic rings. The first-order chi connectivity index (χ1) is 5.74. The molecule has 1 rings (SSSR count). The van der Waals surface area contributed by atoms with E-state index in [1.165, 1.54) is 7.11 Å². The van der Waals surface area contributed by atoms with Gasteiger partial charge in [0.25, 0.3) is 0 Å². The molecule has 0 spiro atoms. The van der Waals surface area contributed by atoms with Crippen molar-refractivity contribution < 1.29 is 9.53 Å². The van der Waals surface area contributed by atoms with E-state index in [0.717, 1.165) is 0 Å². The van der Waals surface area contributed by atoms with E-state index in [1.54, 1.807) is 12.4 Å². The molecule has 0 radical (unpaired) electrons. The number of aromatic nitrogens is 2. The van der Waals surface area contributed by atoms with Crippen LogP contribution < -0.4 is 5.73 Å². The predicted octanol–water partition coefficient (Wildman–Crippen LogP) is -0.548. The van der Waals surface area contributed by atoms with Gasteiger partial charge in [-0.15, -0.1) is 0 Å². The van der Waals surface area contributed by atoms with E-state index >= 15 is 0 Å². The first-order valence-electron chi connectivity index (χ1n) is 3.55. The molecule has 5 heteroatoms. The van der Waals surface area contributed by atoms with Crippen molar-refractivity contribution in [1.29, 1.82) is 0 Å². The molecule has 3 N–H and O–H groups in total. The third kappa shape index (κ3) is 2.06. The Hall–Kier alpha value is -1.36. The summed E-state index contributed by atoms with van der Waals surface area (Å²) in [6.07, 6.45) is 3.67. The minimum atomic E-state index is -0.638. The maximum absolute atomic E-state index is 10.8. The van der Waals surface area contributed by atoms with Crippen LogP contribution in [0.3, 0.4) is 0 Å². The van der Waals surface area contributed by atoms with Crippen LogP contribution in [0.25, 0.3) is 0 Å². The second-order valence-corrected chi connectivity index (χ2v) is 2.37. The number of nitrogens with two attached hydrogens (primary N) is 1. The van der Waals surface area contributed by atoms with Gasteiger partial charge in [-0.25, -0.2) is 4.98 Å². The van der Waals surface area contributed by atoms with Gasteiger partial charge < -0.3 is 15.5 Å². The Morgan fingerprint density at radius 2 is 2.67 bits per heavy atom. The van der Waals surface area contributed by atoms with E-state index < -0.39 is 12.0 Å². The van der Waals surface area contributed by atoms with Gasteiger partial charge in [-0.1, -0.05) is 0 Å². The van der Waals surface area contributed by atoms with Crippen LogP contribution in [-0.2, 0) is 16.0 Å². The number of rotatable bonds is 3. The molecule has 0 amide bonds. The van der Waals surface area contributed by atoms with Crippen LogP contribution >= 0.6 is 0 Å². The molecule has 1 atom stereocenters. The molecule has 0 aliphatic rings. The van der Waals surface area contributed by atoms with Crippen LogP contribution in [0.15, 0.2) is 12.4 Å². The predicted molar refractivity (Wildman–Crippen MR) is 42.3 cm³/mol. The second kappa shape index (κ2) is 3.87. The van der Waals surface area contributed by atoms with Crippen LogP contribution in [0.4, 0.5) is 0 Å². The highest BCUT2D eigenvalue weighted by Crippen LogP contribution is 1.95. The summed E-state index contributed by atoms with van der Waals surface area (Å²) in [5.41, 5.74) is 5.48. The van der Waals surface area contributed by atoms with Crippen LogP contribution in [0.5, 0.6) is 0 Å². The van der Waals surface area contributed by atoms with Gasteiger partial charge in [0, 0.05) is 18.8 Å². The smallest absolute Gasteiger partial charge is 0.323 e. The van der Waals surface area contributed by atoms with Gasteiger partial charge in [0.15, 0.2) is 0 Å². The zero-order chi connectivity index (χ0) is 8.97. The lowest BCUT2D eigenvalue weighted by Crippen LogP contribution is -2.33. The molecule has 0 aliphatic heterocycles. The van der Waals surface area contributed by atoms with Gasteiger partial charge in [-0.2, -0.15) is 0 Å². The lowest BCUT2D eigenvalue weighted by Gasteiger charge is -2.05. The Kier molecular flexibility index (Phi) is 2.82. The molecule has 5 nitrogen and oxygen atoms in total. The van der Waals surface area contributed by atoms with Crippen LogP contribution in [0.2, 0.25) is 0 Å². The summed E-state index contributed by atoms with van der Waals surface area (Å²) in [6, 6.07) is -0.638. The number of imidazole rings is 1. The molecule has 0 aromatic carbocycles. The molecule has 0 aliphatic carbocycles. The van der Waals surface area contributed by atoms with Crippen molar-refractivity contribution in [3.63, 3.8) is 0 Å². The number of methoxy groups -OCH3 is 1. The molecule has 12 heavy (non-hydrogen) atoms. The van der Waals surface area contributed by atoms with Gasteiger partial charge in [0.2, 0.25) is 0 Å². The fourth-order valence-corrected chi connectivity index (χ4v) is 0.853. The monoisotopic (exact) mass is 169 g/mol. The van der Waals surface area contributed by atoms with Crippen molar-refractivity contribution in [2.75, 3.05) is 7.11 Å². The van der Waals surface area contributed by atoms with E-state index in [-0.39, 0.29) is 0 Å². The van der Waals surface area contributed by atoms with E-state index in [0.29, 0.717) is 12.2 Å². The number of nitrogens with one attached hydrogen (secondary N) is 1. The Labute approximate surface area is 69.9 Å². The molecule has 0 bridgehead atoms. The van der Waals surface area contributed by atoms with Crippen LogP contribution in [-0.4, -0.2) is 29.1 Å². The SMILES string of the molecule is COC(=O)C(N)Cc1ncc[nH]1. The molecule has 0 fully saturated rings. The van der Waals surface area contributed by atoms with E-state index in [2.05, 4.69) is 14.7 Å². The topological polar surface area (TPSA) is 81.0 Å². The van der Waals surface area contributed by atoms with Gasteiger partial charge in [0.05, 0.1) is 7.11 Å². The number of aromatic amines is 1. The zero-order valence-corrected chi connectivity index (χ0v) is 6.78. The summed E-state index contributed by atoms with van der Waals surface area (Å²) in [7, 11) is 1.31. The van der Waals surface area contributed by atoms with E-state index in [1.807, 2.05) is 0 Å². The molecule has 0 saturated carbocycles. The summed E-state index contributed by atoms with van der Waals surface area (Å²) in [6.45, 7) is 0. The number of nitrogens with zero attached hydrogens (tertiary/aromatic N) is 1. The lowest BCUT2D eigenvalue weighted by molar-refractivity contribution is -0.142. The average molecular weight is 169 g/mol. The molecule has 1 aromatic heterocycles. The molecule has 66 valence electrons. The van der Waals surface area contributed by atoms with E-state index in [9.17, 15) is 4.79 Å². The van der Waals surface area contributed by atoms with Crippen LogP contribution in [0.1, 0.15) is 5.82 Å². The van der Waals surface area contributed by atoms with Crippen molar-refractivity contribution in [2.24, 2.45) is 5.73 Å². The quantitative estimate of drug-likeness (QED) is 0.595. The highest BCUT2D eigenvalue weighted by atomic mass is 16.5. The van der Waals surface area contributed by atoms with Gasteiger partial charge in [-0.05, 0) is 0 Å².